The molecule has 0 saturated carbocycles. The van der Waals surface area contributed by atoms with Crippen molar-refractivity contribution >= 4 is 11.6 Å². The molecule has 1 aromatic heterocycles. The van der Waals surface area contributed by atoms with E-state index >= 15 is 0 Å². The SMILES string of the molecule is CC(C)c1cc(-c2nnn3c2CN(CCOc2cccc(Cl)c2)CC3)c(O)cc1O. The first-order chi connectivity index (χ1) is 14.4. The van der Waals surface area contributed by atoms with Gasteiger partial charge in [0, 0.05) is 36.3 Å². The number of hydrogen-bond acceptors (Lipinski definition) is 6. The molecule has 0 atom stereocenters. The van der Waals surface area contributed by atoms with E-state index in [2.05, 4.69) is 15.2 Å². The van der Waals surface area contributed by atoms with E-state index in [4.69, 9.17) is 16.3 Å². The van der Waals surface area contributed by atoms with Gasteiger partial charge in [0.1, 0.15) is 29.5 Å². The summed E-state index contributed by atoms with van der Waals surface area (Å²) in [6.07, 6.45) is 0. The quantitative estimate of drug-likeness (QED) is 0.616. The molecule has 2 N–H and O–H groups in total. The van der Waals surface area contributed by atoms with Crippen LogP contribution >= 0.6 is 11.6 Å². The van der Waals surface area contributed by atoms with Crippen molar-refractivity contribution in [3.05, 3.63) is 52.7 Å². The zero-order valence-electron chi connectivity index (χ0n) is 17.0. The Morgan fingerprint density at radius 2 is 1.97 bits per heavy atom. The molecule has 0 radical (unpaired) electrons. The Balaban J connectivity index is 1.50. The standard InChI is InChI=1S/C22H25ClN4O3/c1-14(2)17-11-18(21(29)12-20(17)28)22-19-13-26(6-7-27(19)25-24-22)8-9-30-16-5-3-4-15(23)10-16/h3-5,10-12,14,28-29H,6-9,13H2,1-2H3. The molecule has 0 aliphatic carbocycles. The van der Waals surface area contributed by atoms with Crippen molar-refractivity contribution in [3.63, 3.8) is 0 Å². The van der Waals surface area contributed by atoms with Crippen molar-refractivity contribution < 1.29 is 14.9 Å². The highest BCUT2D eigenvalue weighted by Gasteiger charge is 2.25. The molecule has 0 saturated heterocycles. The average molecular weight is 429 g/mol. The number of rotatable bonds is 6. The number of halogens is 1. The molecule has 1 aliphatic rings. The molecule has 0 bridgehead atoms. The topological polar surface area (TPSA) is 83.6 Å². The number of aromatic nitrogens is 3. The summed E-state index contributed by atoms with van der Waals surface area (Å²) < 4.78 is 7.70. The predicted molar refractivity (Wildman–Crippen MR) is 115 cm³/mol. The summed E-state index contributed by atoms with van der Waals surface area (Å²) in [4.78, 5) is 2.27. The lowest BCUT2D eigenvalue weighted by Crippen LogP contribution is -2.36. The van der Waals surface area contributed by atoms with Crippen LogP contribution in [0, 0.1) is 0 Å². The molecule has 2 heterocycles. The van der Waals surface area contributed by atoms with Gasteiger partial charge in [0.15, 0.2) is 0 Å². The van der Waals surface area contributed by atoms with Crippen LogP contribution in [0.1, 0.15) is 31.0 Å². The van der Waals surface area contributed by atoms with Gasteiger partial charge in [-0.25, -0.2) is 4.68 Å². The van der Waals surface area contributed by atoms with E-state index in [0.717, 1.165) is 36.6 Å². The Hall–Kier alpha value is -2.77. The van der Waals surface area contributed by atoms with Gasteiger partial charge in [-0.15, -0.1) is 5.10 Å². The molecule has 3 aromatic rings. The number of phenolic OH excluding ortho intramolecular Hbond substituents is 2. The summed E-state index contributed by atoms with van der Waals surface area (Å²) in [7, 11) is 0. The van der Waals surface area contributed by atoms with E-state index in [1.165, 1.54) is 6.07 Å². The molecule has 0 spiro atoms. The fraction of sp³-hybridized carbons (Fsp3) is 0.364. The maximum Gasteiger partial charge on any atom is 0.128 e. The lowest BCUT2D eigenvalue weighted by molar-refractivity contribution is 0.172. The van der Waals surface area contributed by atoms with E-state index in [9.17, 15) is 10.2 Å². The van der Waals surface area contributed by atoms with Gasteiger partial charge in [0.25, 0.3) is 0 Å². The molecule has 1 aliphatic heterocycles. The highest BCUT2D eigenvalue weighted by atomic mass is 35.5. The Bertz CT molecular complexity index is 1050. The maximum atomic E-state index is 10.4. The van der Waals surface area contributed by atoms with Crippen molar-refractivity contribution in [1.29, 1.82) is 0 Å². The van der Waals surface area contributed by atoms with E-state index in [-0.39, 0.29) is 17.4 Å². The molecular formula is C22H25ClN4O3. The van der Waals surface area contributed by atoms with Crippen LogP contribution in [0.5, 0.6) is 17.2 Å². The van der Waals surface area contributed by atoms with E-state index < -0.39 is 0 Å². The van der Waals surface area contributed by atoms with Gasteiger partial charge in [0.2, 0.25) is 0 Å². The average Bonchev–Trinajstić information content (AvgIpc) is 3.11. The van der Waals surface area contributed by atoms with Crippen molar-refractivity contribution in [2.24, 2.45) is 0 Å². The van der Waals surface area contributed by atoms with Gasteiger partial charge in [-0.1, -0.05) is 36.7 Å². The molecule has 7 nitrogen and oxygen atoms in total. The van der Waals surface area contributed by atoms with Gasteiger partial charge < -0.3 is 14.9 Å². The van der Waals surface area contributed by atoms with Gasteiger partial charge >= 0.3 is 0 Å². The van der Waals surface area contributed by atoms with E-state index in [1.807, 2.05) is 36.7 Å². The molecule has 2 aromatic carbocycles. The molecule has 8 heteroatoms. The van der Waals surface area contributed by atoms with Crippen LogP contribution in [0.2, 0.25) is 5.02 Å². The zero-order valence-corrected chi connectivity index (χ0v) is 17.8. The summed E-state index contributed by atoms with van der Waals surface area (Å²) in [5, 5.41) is 29.8. The first-order valence-electron chi connectivity index (χ1n) is 10.0. The highest BCUT2D eigenvalue weighted by Crippen LogP contribution is 2.38. The smallest absolute Gasteiger partial charge is 0.128 e. The van der Waals surface area contributed by atoms with Crippen LogP contribution in [0.15, 0.2) is 36.4 Å². The lowest BCUT2D eigenvalue weighted by Gasteiger charge is -2.27. The third kappa shape index (κ3) is 4.22. The minimum Gasteiger partial charge on any atom is -0.508 e. The molecule has 0 amide bonds. The predicted octanol–water partition coefficient (Wildman–Crippen LogP) is 4.03. The normalized spacial score (nSPS) is 14.1. The fourth-order valence-electron chi connectivity index (χ4n) is 3.69. The second-order valence-electron chi connectivity index (χ2n) is 7.77. The lowest BCUT2D eigenvalue weighted by atomic mass is 9.97. The third-order valence-electron chi connectivity index (χ3n) is 5.33. The minimum absolute atomic E-state index is 0.00149. The zero-order chi connectivity index (χ0) is 21.3. The Morgan fingerprint density at radius 1 is 1.13 bits per heavy atom. The minimum atomic E-state index is 0.00149. The van der Waals surface area contributed by atoms with E-state index in [1.54, 1.807) is 12.1 Å². The number of ether oxygens (including phenoxy) is 1. The largest absolute Gasteiger partial charge is 0.508 e. The van der Waals surface area contributed by atoms with Crippen molar-refractivity contribution in [1.82, 2.24) is 19.9 Å². The maximum absolute atomic E-state index is 10.4. The number of aromatic hydroxyl groups is 2. The number of hydrogen-bond donors (Lipinski definition) is 2. The Morgan fingerprint density at radius 3 is 2.73 bits per heavy atom. The first-order valence-corrected chi connectivity index (χ1v) is 10.4. The number of phenols is 2. The monoisotopic (exact) mass is 428 g/mol. The van der Waals surface area contributed by atoms with Gasteiger partial charge in [-0.3, -0.25) is 4.90 Å². The fourth-order valence-corrected chi connectivity index (χ4v) is 3.87. The van der Waals surface area contributed by atoms with Gasteiger partial charge in [-0.05, 0) is 35.7 Å². The summed E-state index contributed by atoms with van der Waals surface area (Å²) in [5.74, 6) is 0.965. The van der Waals surface area contributed by atoms with Crippen LogP contribution in [0.25, 0.3) is 11.3 Å². The van der Waals surface area contributed by atoms with Crippen LogP contribution in [0.3, 0.4) is 0 Å². The second-order valence-corrected chi connectivity index (χ2v) is 8.21. The van der Waals surface area contributed by atoms with Crippen LogP contribution in [0.4, 0.5) is 0 Å². The molecule has 30 heavy (non-hydrogen) atoms. The summed E-state index contributed by atoms with van der Waals surface area (Å²) in [6, 6.07) is 10.6. The molecule has 0 fully saturated rings. The number of fused-ring (bicyclic) bond motifs is 1. The van der Waals surface area contributed by atoms with Crippen molar-refractivity contribution in [3.8, 4) is 28.5 Å². The summed E-state index contributed by atoms with van der Waals surface area (Å²) in [6.45, 7) is 7.49. The molecular weight excluding hydrogens is 404 g/mol. The first kappa shape index (κ1) is 20.5. The Kier molecular flexibility index (Phi) is 5.83. The molecule has 4 rings (SSSR count). The van der Waals surface area contributed by atoms with Gasteiger partial charge in [-0.2, -0.15) is 0 Å². The van der Waals surface area contributed by atoms with Crippen LogP contribution < -0.4 is 4.74 Å². The van der Waals surface area contributed by atoms with Gasteiger partial charge in [0.05, 0.1) is 12.2 Å². The number of nitrogens with zero attached hydrogens (tertiary/aromatic N) is 4. The third-order valence-corrected chi connectivity index (χ3v) is 5.57. The summed E-state index contributed by atoms with van der Waals surface area (Å²) in [5.41, 5.74) is 2.96. The number of benzene rings is 2. The van der Waals surface area contributed by atoms with Crippen molar-refractivity contribution in [2.75, 3.05) is 19.7 Å². The van der Waals surface area contributed by atoms with Crippen molar-refractivity contribution in [2.45, 2.75) is 32.9 Å². The van der Waals surface area contributed by atoms with E-state index in [0.29, 0.717) is 29.4 Å². The molecule has 158 valence electrons. The van der Waals surface area contributed by atoms with Crippen LogP contribution in [-0.4, -0.2) is 49.8 Å². The molecule has 0 unspecified atom stereocenters. The highest BCUT2D eigenvalue weighted by molar-refractivity contribution is 6.30. The summed E-state index contributed by atoms with van der Waals surface area (Å²) >= 11 is 6.00. The Labute approximate surface area is 180 Å². The second kappa shape index (κ2) is 8.53. The van der Waals surface area contributed by atoms with Crippen LogP contribution in [-0.2, 0) is 13.1 Å².